The van der Waals surface area contributed by atoms with Crippen LogP contribution in [-0.2, 0) is 17.8 Å². The molecule has 0 saturated carbocycles. The predicted octanol–water partition coefficient (Wildman–Crippen LogP) is 2.39. The summed E-state index contributed by atoms with van der Waals surface area (Å²) in [5.41, 5.74) is 2.25. The van der Waals surface area contributed by atoms with E-state index in [0.717, 1.165) is 36.6 Å². The van der Waals surface area contributed by atoms with Gasteiger partial charge in [0.1, 0.15) is 11.5 Å². The molecule has 1 aromatic rings. The van der Waals surface area contributed by atoms with Gasteiger partial charge in [-0.05, 0) is 56.0 Å². The minimum atomic E-state index is 0.498. The van der Waals surface area contributed by atoms with E-state index in [1.807, 2.05) is 0 Å². The second-order valence-corrected chi connectivity index (χ2v) is 5.33. The zero-order valence-electron chi connectivity index (χ0n) is 12.7. The minimum absolute atomic E-state index is 0.498. The largest absolute Gasteiger partial charge is 0.496 e. The summed E-state index contributed by atoms with van der Waals surface area (Å²) in [6.45, 7) is 2.75. The molecule has 0 bridgehead atoms. The normalized spacial score (nSPS) is 18.9. The first kappa shape index (κ1) is 15.1. The Bertz CT molecular complexity index is 403. The summed E-state index contributed by atoms with van der Waals surface area (Å²) < 4.78 is 16.2. The van der Waals surface area contributed by atoms with Crippen molar-refractivity contribution in [3.63, 3.8) is 0 Å². The van der Waals surface area contributed by atoms with Crippen LogP contribution in [0.3, 0.4) is 0 Å². The third-order valence-corrected chi connectivity index (χ3v) is 3.88. The Kier molecular flexibility index (Phi) is 5.68. The summed E-state index contributed by atoms with van der Waals surface area (Å²) in [5, 5.41) is 3.46. The molecule has 0 aromatic heterocycles. The monoisotopic (exact) mass is 279 g/mol. The summed E-state index contributed by atoms with van der Waals surface area (Å²) in [6, 6.07) is 4.23. The van der Waals surface area contributed by atoms with Crippen LogP contribution in [0.5, 0.6) is 11.5 Å². The molecule has 4 nitrogen and oxygen atoms in total. The van der Waals surface area contributed by atoms with Gasteiger partial charge >= 0.3 is 0 Å². The molecular weight excluding hydrogens is 254 g/mol. The predicted molar refractivity (Wildman–Crippen MR) is 79.6 cm³/mol. The van der Waals surface area contributed by atoms with Gasteiger partial charge in [-0.3, -0.25) is 0 Å². The third kappa shape index (κ3) is 3.64. The van der Waals surface area contributed by atoms with E-state index < -0.39 is 0 Å². The molecule has 1 aliphatic heterocycles. The molecule has 1 atom stereocenters. The summed E-state index contributed by atoms with van der Waals surface area (Å²) in [5.74, 6) is 2.40. The van der Waals surface area contributed by atoms with Crippen LogP contribution in [0.2, 0.25) is 0 Å². The van der Waals surface area contributed by atoms with Crippen molar-refractivity contribution in [1.29, 1.82) is 0 Å². The van der Waals surface area contributed by atoms with Gasteiger partial charge < -0.3 is 19.5 Å². The Hall–Kier alpha value is -1.26. The van der Waals surface area contributed by atoms with Gasteiger partial charge in [-0.2, -0.15) is 0 Å². The van der Waals surface area contributed by atoms with Gasteiger partial charge in [0.2, 0.25) is 0 Å². The number of methoxy groups -OCH3 is 3. The molecule has 112 valence electrons. The van der Waals surface area contributed by atoms with Crippen molar-refractivity contribution in [2.24, 2.45) is 5.92 Å². The molecule has 2 rings (SSSR count). The van der Waals surface area contributed by atoms with Gasteiger partial charge in [0, 0.05) is 7.11 Å². The Labute approximate surface area is 121 Å². The highest BCUT2D eigenvalue weighted by Gasteiger charge is 2.17. The average molecular weight is 279 g/mol. The highest BCUT2D eigenvalue weighted by atomic mass is 16.5. The number of piperidine rings is 1. The average Bonchev–Trinajstić information content (AvgIpc) is 2.49. The number of hydrogen-bond donors (Lipinski definition) is 1. The Morgan fingerprint density at radius 2 is 1.85 bits per heavy atom. The first-order valence-corrected chi connectivity index (χ1v) is 7.22. The molecular formula is C16H25NO3. The molecule has 1 saturated heterocycles. The molecule has 1 N–H and O–H groups in total. The first-order chi connectivity index (χ1) is 9.78. The molecule has 0 spiro atoms. The Morgan fingerprint density at radius 1 is 1.15 bits per heavy atom. The maximum absolute atomic E-state index is 5.49. The van der Waals surface area contributed by atoms with Crippen LogP contribution in [0, 0.1) is 5.92 Å². The lowest BCUT2D eigenvalue weighted by Crippen LogP contribution is -2.30. The molecule has 1 aliphatic rings. The summed E-state index contributed by atoms with van der Waals surface area (Å²) >= 11 is 0. The van der Waals surface area contributed by atoms with Crippen LogP contribution >= 0.6 is 0 Å². The standard InChI is InChI=1S/C16H25NO3/c1-18-11-14-15(19-2)8-13(9-16(14)20-3)7-12-5-4-6-17-10-12/h8-9,12,17H,4-7,10-11H2,1-3H3. The first-order valence-electron chi connectivity index (χ1n) is 7.22. The zero-order valence-corrected chi connectivity index (χ0v) is 12.7. The van der Waals surface area contributed by atoms with Gasteiger partial charge in [0.15, 0.2) is 0 Å². The number of ether oxygens (including phenoxy) is 3. The topological polar surface area (TPSA) is 39.7 Å². The lowest BCUT2D eigenvalue weighted by Gasteiger charge is -2.23. The maximum atomic E-state index is 5.49. The second-order valence-electron chi connectivity index (χ2n) is 5.33. The lowest BCUT2D eigenvalue weighted by atomic mass is 9.91. The fourth-order valence-electron chi connectivity index (χ4n) is 2.87. The molecule has 1 heterocycles. The SMILES string of the molecule is COCc1c(OC)cc(CC2CCCNC2)cc1OC. The van der Waals surface area contributed by atoms with E-state index in [1.165, 1.54) is 18.4 Å². The van der Waals surface area contributed by atoms with Gasteiger partial charge in [-0.1, -0.05) is 0 Å². The van der Waals surface area contributed by atoms with Gasteiger partial charge in [-0.25, -0.2) is 0 Å². The van der Waals surface area contributed by atoms with E-state index in [0.29, 0.717) is 12.5 Å². The van der Waals surface area contributed by atoms with Crippen LogP contribution in [0.1, 0.15) is 24.0 Å². The molecule has 4 heteroatoms. The molecule has 20 heavy (non-hydrogen) atoms. The van der Waals surface area contributed by atoms with Gasteiger partial charge in [0.25, 0.3) is 0 Å². The van der Waals surface area contributed by atoms with Gasteiger partial charge in [0.05, 0.1) is 26.4 Å². The van der Waals surface area contributed by atoms with Crippen molar-refractivity contribution >= 4 is 0 Å². The zero-order chi connectivity index (χ0) is 14.4. The van der Waals surface area contributed by atoms with E-state index >= 15 is 0 Å². The van der Waals surface area contributed by atoms with Crippen molar-refractivity contribution in [1.82, 2.24) is 5.32 Å². The lowest BCUT2D eigenvalue weighted by molar-refractivity contribution is 0.178. The van der Waals surface area contributed by atoms with E-state index in [4.69, 9.17) is 14.2 Å². The van der Waals surface area contributed by atoms with Crippen LogP contribution < -0.4 is 14.8 Å². The second kappa shape index (κ2) is 7.50. The van der Waals surface area contributed by atoms with Crippen molar-refractivity contribution in [2.75, 3.05) is 34.4 Å². The van der Waals surface area contributed by atoms with Crippen molar-refractivity contribution < 1.29 is 14.2 Å². The molecule has 0 amide bonds. The van der Waals surface area contributed by atoms with E-state index in [1.54, 1.807) is 21.3 Å². The molecule has 1 unspecified atom stereocenters. The summed E-state index contributed by atoms with van der Waals surface area (Å²) in [7, 11) is 5.07. The van der Waals surface area contributed by atoms with Crippen LogP contribution in [0.4, 0.5) is 0 Å². The van der Waals surface area contributed by atoms with Crippen LogP contribution in [0.25, 0.3) is 0 Å². The third-order valence-electron chi connectivity index (χ3n) is 3.88. The Morgan fingerprint density at radius 3 is 2.35 bits per heavy atom. The van der Waals surface area contributed by atoms with E-state index in [9.17, 15) is 0 Å². The molecule has 1 aromatic carbocycles. The molecule has 1 fully saturated rings. The highest BCUT2D eigenvalue weighted by Crippen LogP contribution is 2.32. The quantitative estimate of drug-likeness (QED) is 0.868. The number of benzene rings is 1. The van der Waals surface area contributed by atoms with Crippen molar-refractivity contribution in [3.05, 3.63) is 23.3 Å². The molecule has 0 aliphatic carbocycles. The number of rotatable bonds is 6. The summed E-state index contributed by atoms with van der Waals surface area (Å²) in [4.78, 5) is 0. The van der Waals surface area contributed by atoms with Crippen molar-refractivity contribution in [2.45, 2.75) is 25.9 Å². The number of hydrogen-bond acceptors (Lipinski definition) is 4. The van der Waals surface area contributed by atoms with E-state index in [2.05, 4.69) is 17.4 Å². The molecule has 0 radical (unpaired) electrons. The summed E-state index contributed by atoms with van der Waals surface area (Å²) in [6.07, 6.45) is 3.62. The maximum Gasteiger partial charge on any atom is 0.128 e. The number of nitrogens with one attached hydrogen (secondary N) is 1. The van der Waals surface area contributed by atoms with Crippen LogP contribution in [0.15, 0.2) is 12.1 Å². The Balaban J connectivity index is 2.20. The van der Waals surface area contributed by atoms with E-state index in [-0.39, 0.29) is 0 Å². The smallest absolute Gasteiger partial charge is 0.128 e. The fourth-order valence-corrected chi connectivity index (χ4v) is 2.87. The van der Waals surface area contributed by atoms with Crippen LogP contribution in [-0.4, -0.2) is 34.4 Å². The highest BCUT2D eigenvalue weighted by molar-refractivity contribution is 5.48. The minimum Gasteiger partial charge on any atom is -0.496 e. The van der Waals surface area contributed by atoms with Gasteiger partial charge in [-0.15, -0.1) is 0 Å². The fraction of sp³-hybridized carbons (Fsp3) is 0.625. The van der Waals surface area contributed by atoms with Crippen molar-refractivity contribution in [3.8, 4) is 11.5 Å².